The summed E-state index contributed by atoms with van der Waals surface area (Å²) in [4.78, 5) is 23.2. The number of amides is 2. The Morgan fingerprint density at radius 2 is 2.04 bits per heavy atom. The summed E-state index contributed by atoms with van der Waals surface area (Å²) in [5, 5.41) is 10.6. The third-order valence-electron chi connectivity index (χ3n) is 4.54. The van der Waals surface area contributed by atoms with Crippen molar-refractivity contribution >= 4 is 28.4 Å². The van der Waals surface area contributed by atoms with Crippen molar-refractivity contribution in [2.45, 2.75) is 13.5 Å². The molecule has 0 fully saturated rings. The lowest BCUT2D eigenvalue weighted by atomic mass is 9.94. The average Bonchev–Trinajstić information content (AvgIpc) is 2.95. The van der Waals surface area contributed by atoms with Crippen LogP contribution in [0.15, 0.2) is 24.3 Å². The number of primary amides is 1. The van der Waals surface area contributed by atoms with Crippen molar-refractivity contribution < 1.29 is 14.0 Å². The molecule has 0 radical (unpaired) electrons. The van der Waals surface area contributed by atoms with Crippen LogP contribution in [0.4, 0.5) is 10.1 Å². The summed E-state index contributed by atoms with van der Waals surface area (Å²) in [5.41, 5.74) is 14.5. The van der Waals surface area contributed by atoms with E-state index in [-0.39, 0.29) is 28.2 Å². The van der Waals surface area contributed by atoms with Gasteiger partial charge in [-0.15, -0.1) is 10.2 Å². The number of aryl methyl sites for hydroxylation is 1. The molecule has 2 amide bonds. The van der Waals surface area contributed by atoms with Gasteiger partial charge in [0.05, 0.1) is 11.1 Å². The third kappa shape index (κ3) is 2.19. The van der Waals surface area contributed by atoms with Crippen LogP contribution in [0.5, 0.6) is 0 Å². The number of rotatable bonds is 2. The van der Waals surface area contributed by atoms with Gasteiger partial charge in [0, 0.05) is 17.7 Å². The number of hydrogen-bond acceptors (Lipinski definition) is 5. The highest BCUT2D eigenvalue weighted by atomic mass is 19.1. The lowest BCUT2D eigenvalue weighted by Gasteiger charge is -2.13. The monoisotopic (exact) mass is 351 g/mol. The molecule has 1 aromatic heterocycles. The minimum atomic E-state index is -0.874. The lowest BCUT2D eigenvalue weighted by molar-refractivity contribution is 0.0963. The molecule has 7 nitrogen and oxygen atoms in total. The van der Waals surface area contributed by atoms with E-state index < -0.39 is 11.7 Å². The van der Waals surface area contributed by atoms with Crippen LogP contribution in [0.25, 0.3) is 22.0 Å². The van der Waals surface area contributed by atoms with Crippen LogP contribution in [0.1, 0.15) is 32.0 Å². The van der Waals surface area contributed by atoms with Crippen LogP contribution in [-0.4, -0.2) is 22.0 Å². The molecule has 1 aliphatic heterocycles. The highest BCUT2D eigenvalue weighted by Gasteiger charge is 2.23. The summed E-state index contributed by atoms with van der Waals surface area (Å²) in [7, 11) is 0. The van der Waals surface area contributed by atoms with Gasteiger partial charge < -0.3 is 16.8 Å². The second-order valence-electron chi connectivity index (χ2n) is 6.16. The van der Waals surface area contributed by atoms with Gasteiger partial charge in [0.15, 0.2) is 5.69 Å². The number of aromatic nitrogens is 2. The van der Waals surface area contributed by atoms with Crippen molar-refractivity contribution in [1.82, 2.24) is 15.5 Å². The molecule has 0 atom stereocenters. The highest BCUT2D eigenvalue weighted by molar-refractivity contribution is 6.08. The van der Waals surface area contributed by atoms with Crippen LogP contribution in [-0.2, 0) is 6.54 Å². The maximum atomic E-state index is 14.6. The number of carbonyl (C=O) groups is 2. The number of nitrogen functional groups attached to an aromatic ring is 1. The molecule has 3 aromatic rings. The van der Waals surface area contributed by atoms with E-state index >= 15 is 0 Å². The molecule has 0 unspecified atom stereocenters. The number of carbonyl (C=O) groups excluding carboxylic acids is 2. The number of halogens is 1. The summed E-state index contributed by atoms with van der Waals surface area (Å²) in [5.74, 6) is -1.60. The second kappa shape index (κ2) is 5.48. The van der Waals surface area contributed by atoms with E-state index in [9.17, 15) is 14.0 Å². The van der Waals surface area contributed by atoms with E-state index in [1.165, 1.54) is 6.07 Å². The van der Waals surface area contributed by atoms with E-state index in [4.69, 9.17) is 11.5 Å². The maximum Gasteiger partial charge on any atom is 0.271 e. The lowest BCUT2D eigenvalue weighted by Crippen LogP contribution is -2.17. The van der Waals surface area contributed by atoms with Crippen molar-refractivity contribution in [3.8, 4) is 11.1 Å². The zero-order chi connectivity index (χ0) is 18.6. The highest BCUT2D eigenvalue weighted by Crippen LogP contribution is 2.36. The largest absolute Gasteiger partial charge is 0.396 e. The fraction of sp³-hybridized carbons (Fsp3) is 0.111. The van der Waals surface area contributed by atoms with Gasteiger partial charge in [-0.25, -0.2) is 4.39 Å². The molecule has 0 aliphatic carbocycles. The first kappa shape index (κ1) is 15.9. The first-order valence-corrected chi connectivity index (χ1v) is 7.84. The van der Waals surface area contributed by atoms with Crippen molar-refractivity contribution in [1.29, 1.82) is 0 Å². The normalized spacial score (nSPS) is 12.9. The molecule has 0 saturated carbocycles. The zero-order valence-corrected chi connectivity index (χ0v) is 13.8. The predicted molar refractivity (Wildman–Crippen MR) is 93.8 cm³/mol. The van der Waals surface area contributed by atoms with Gasteiger partial charge >= 0.3 is 0 Å². The minimum absolute atomic E-state index is 0.00380. The Morgan fingerprint density at radius 3 is 2.77 bits per heavy atom. The third-order valence-corrected chi connectivity index (χ3v) is 4.54. The molecule has 8 heteroatoms. The molecule has 2 heterocycles. The Morgan fingerprint density at radius 1 is 1.27 bits per heavy atom. The van der Waals surface area contributed by atoms with Gasteiger partial charge in [0.25, 0.3) is 11.8 Å². The van der Waals surface area contributed by atoms with Crippen LogP contribution in [0.3, 0.4) is 0 Å². The van der Waals surface area contributed by atoms with E-state index in [1.807, 2.05) is 6.07 Å². The van der Waals surface area contributed by atoms with Crippen molar-refractivity contribution in [2.24, 2.45) is 5.73 Å². The summed E-state index contributed by atoms with van der Waals surface area (Å²) in [6.07, 6.45) is 0. The standard InChI is InChI=1S/C18H14FN5O2/c1-7-4-11(19)13-14(20)16(17(21)25)24-23-15(13)12(7)8-2-3-10-9(5-8)6-22-18(10)26/h2-5H,6H2,1H3,(H2,20,23)(H2,21,25)(H,22,26). The molecular formula is C18H14FN5O2. The smallest absolute Gasteiger partial charge is 0.271 e. The van der Waals surface area contributed by atoms with Gasteiger partial charge in [-0.1, -0.05) is 6.07 Å². The minimum Gasteiger partial charge on any atom is -0.396 e. The number of anilines is 1. The van der Waals surface area contributed by atoms with Gasteiger partial charge in [0.1, 0.15) is 11.3 Å². The fourth-order valence-corrected chi connectivity index (χ4v) is 3.32. The molecule has 1 aliphatic rings. The Hall–Kier alpha value is -3.55. The Bertz CT molecular complexity index is 1130. The number of nitrogens with zero attached hydrogens (tertiary/aromatic N) is 2. The second-order valence-corrected chi connectivity index (χ2v) is 6.16. The number of nitrogens with one attached hydrogen (secondary N) is 1. The van der Waals surface area contributed by atoms with E-state index in [2.05, 4.69) is 15.5 Å². The molecule has 0 saturated heterocycles. The molecule has 130 valence electrons. The van der Waals surface area contributed by atoms with Crippen LogP contribution in [0, 0.1) is 12.7 Å². The van der Waals surface area contributed by atoms with Crippen LogP contribution >= 0.6 is 0 Å². The number of hydrogen-bond donors (Lipinski definition) is 3. The Balaban J connectivity index is 2.03. The van der Waals surface area contributed by atoms with Crippen molar-refractivity contribution in [2.75, 3.05) is 5.73 Å². The van der Waals surface area contributed by atoms with Crippen molar-refractivity contribution in [3.63, 3.8) is 0 Å². The van der Waals surface area contributed by atoms with Gasteiger partial charge in [0.2, 0.25) is 0 Å². The molecule has 4 rings (SSSR count). The molecular weight excluding hydrogens is 337 g/mol. The first-order chi connectivity index (χ1) is 12.4. The molecule has 5 N–H and O–H groups in total. The SMILES string of the molecule is Cc1cc(F)c2c(N)c(C(N)=O)nnc2c1-c1ccc2c(c1)CNC2=O. The summed E-state index contributed by atoms with van der Waals surface area (Å²) >= 11 is 0. The average molecular weight is 351 g/mol. The van der Waals surface area contributed by atoms with E-state index in [0.29, 0.717) is 23.2 Å². The fourth-order valence-electron chi connectivity index (χ4n) is 3.32. The predicted octanol–water partition coefficient (Wildman–Crippen LogP) is 1.67. The quantitative estimate of drug-likeness (QED) is 0.648. The van der Waals surface area contributed by atoms with Gasteiger partial charge in [-0.05, 0) is 41.8 Å². The topological polar surface area (TPSA) is 124 Å². The molecule has 0 spiro atoms. The van der Waals surface area contributed by atoms with Crippen molar-refractivity contribution in [3.05, 3.63) is 52.5 Å². The molecule has 2 aromatic carbocycles. The Kier molecular flexibility index (Phi) is 3.36. The number of benzene rings is 2. The molecule has 26 heavy (non-hydrogen) atoms. The zero-order valence-electron chi connectivity index (χ0n) is 13.8. The summed E-state index contributed by atoms with van der Waals surface area (Å²) in [6, 6.07) is 6.67. The first-order valence-electron chi connectivity index (χ1n) is 7.84. The number of fused-ring (bicyclic) bond motifs is 2. The van der Waals surface area contributed by atoms with E-state index in [1.54, 1.807) is 19.1 Å². The van der Waals surface area contributed by atoms with E-state index in [0.717, 1.165) is 11.1 Å². The maximum absolute atomic E-state index is 14.6. The van der Waals surface area contributed by atoms with Crippen LogP contribution < -0.4 is 16.8 Å². The van der Waals surface area contributed by atoms with Gasteiger partial charge in [-0.3, -0.25) is 9.59 Å². The molecule has 0 bridgehead atoms. The summed E-state index contributed by atoms with van der Waals surface area (Å²) < 4.78 is 14.6. The summed E-state index contributed by atoms with van der Waals surface area (Å²) in [6.45, 7) is 2.17. The number of nitrogens with two attached hydrogens (primary N) is 2. The van der Waals surface area contributed by atoms with Crippen LogP contribution in [0.2, 0.25) is 0 Å². The Labute approximate surface area is 147 Å². The van der Waals surface area contributed by atoms with Gasteiger partial charge in [-0.2, -0.15) is 0 Å².